The summed E-state index contributed by atoms with van der Waals surface area (Å²) in [6.07, 6.45) is 0. The molecule has 7 heteroatoms. The van der Waals surface area contributed by atoms with Gasteiger partial charge in [-0.05, 0) is 29.8 Å². The molecule has 6 nitrogen and oxygen atoms in total. The molecule has 2 aromatic carbocycles. The molecule has 0 saturated heterocycles. The largest absolute Gasteiger partial charge is 0.497 e. The van der Waals surface area contributed by atoms with Gasteiger partial charge in [0.05, 0.1) is 14.2 Å². The molecule has 134 valence electrons. The van der Waals surface area contributed by atoms with Crippen LogP contribution in [0.4, 0.5) is 11.6 Å². The molecule has 1 aliphatic heterocycles. The molecule has 1 aliphatic rings. The van der Waals surface area contributed by atoms with Gasteiger partial charge in [-0.2, -0.15) is 0 Å². The van der Waals surface area contributed by atoms with Gasteiger partial charge in [0.1, 0.15) is 11.5 Å². The lowest BCUT2D eigenvalue weighted by Crippen LogP contribution is -2.13. The van der Waals surface area contributed by atoms with Gasteiger partial charge in [-0.3, -0.25) is 4.57 Å². The first-order chi connectivity index (χ1) is 12.8. The van der Waals surface area contributed by atoms with Gasteiger partial charge in [0.25, 0.3) is 0 Å². The van der Waals surface area contributed by atoms with E-state index in [1.165, 1.54) is 0 Å². The summed E-state index contributed by atoms with van der Waals surface area (Å²) in [7, 11) is 3.32. The Morgan fingerprint density at radius 1 is 0.962 bits per heavy atom. The summed E-state index contributed by atoms with van der Waals surface area (Å²) >= 11 is 1.67. The van der Waals surface area contributed by atoms with E-state index in [9.17, 15) is 0 Å². The van der Waals surface area contributed by atoms with Crippen LogP contribution in [0.5, 0.6) is 11.5 Å². The summed E-state index contributed by atoms with van der Waals surface area (Å²) in [4.78, 5) is 2.20. The Kier molecular flexibility index (Phi) is 4.71. The van der Waals surface area contributed by atoms with Gasteiger partial charge in [-0.15, -0.1) is 10.2 Å². The molecule has 4 rings (SSSR count). The third-order valence-electron chi connectivity index (χ3n) is 4.33. The van der Waals surface area contributed by atoms with E-state index in [2.05, 4.69) is 31.8 Å². The highest BCUT2D eigenvalue weighted by molar-refractivity contribution is 7.98. The molecule has 0 atom stereocenters. The molecule has 0 N–H and O–H groups in total. The van der Waals surface area contributed by atoms with Crippen LogP contribution in [0.25, 0.3) is 0 Å². The molecule has 26 heavy (non-hydrogen) atoms. The van der Waals surface area contributed by atoms with E-state index in [0.29, 0.717) is 0 Å². The van der Waals surface area contributed by atoms with Crippen molar-refractivity contribution in [1.82, 2.24) is 14.8 Å². The molecular formula is C19H20N4O2S. The average molecular weight is 368 g/mol. The number of ether oxygens (including phenoxy) is 2. The number of hydrogen-bond acceptors (Lipinski definition) is 6. The fraction of sp³-hybridized carbons (Fsp3) is 0.263. The second-order valence-corrected chi connectivity index (χ2v) is 6.87. The van der Waals surface area contributed by atoms with Gasteiger partial charge < -0.3 is 14.4 Å². The smallest absolute Gasteiger partial charge is 0.232 e. The number of hydrogen-bond donors (Lipinski definition) is 0. The first kappa shape index (κ1) is 16.8. The molecule has 2 heterocycles. The molecule has 0 bridgehead atoms. The van der Waals surface area contributed by atoms with Crippen LogP contribution in [-0.2, 0) is 12.3 Å². The lowest BCUT2D eigenvalue weighted by atomic mass is 10.2. The molecule has 0 spiro atoms. The molecule has 0 saturated carbocycles. The summed E-state index contributed by atoms with van der Waals surface area (Å²) in [5, 5.41) is 9.72. The van der Waals surface area contributed by atoms with Crippen molar-refractivity contribution in [3.8, 4) is 11.5 Å². The lowest BCUT2D eigenvalue weighted by molar-refractivity contribution is 0.393. The summed E-state index contributed by atoms with van der Waals surface area (Å²) in [5.41, 5.74) is 2.27. The summed E-state index contributed by atoms with van der Waals surface area (Å²) in [6.45, 7) is 1.80. The number of nitrogens with zero attached hydrogens (tertiary/aromatic N) is 4. The maximum Gasteiger partial charge on any atom is 0.232 e. The van der Waals surface area contributed by atoms with Crippen LogP contribution < -0.4 is 14.4 Å². The normalized spacial score (nSPS) is 12.9. The minimum Gasteiger partial charge on any atom is -0.497 e. The van der Waals surface area contributed by atoms with E-state index in [-0.39, 0.29) is 0 Å². The summed E-state index contributed by atoms with van der Waals surface area (Å²) in [5.74, 6) is 3.27. The van der Waals surface area contributed by atoms with Gasteiger partial charge in [0.15, 0.2) is 5.16 Å². The predicted octanol–water partition coefficient (Wildman–Crippen LogP) is 3.74. The van der Waals surface area contributed by atoms with Crippen LogP contribution in [-0.4, -0.2) is 35.5 Å². The number of rotatable bonds is 6. The fourth-order valence-corrected chi connectivity index (χ4v) is 3.92. The Labute approximate surface area is 156 Å². The number of anilines is 2. The van der Waals surface area contributed by atoms with E-state index in [1.807, 2.05) is 36.4 Å². The van der Waals surface area contributed by atoms with Crippen LogP contribution in [0.3, 0.4) is 0 Å². The average Bonchev–Trinajstić information content (AvgIpc) is 3.29. The topological polar surface area (TPSA) is 52.4 Å². The van der Waals surface area contributed by atoms with E-state index < -0.39 is 0 Å². The number of para-hydroxylation sites is 1. The van der Waals surface area contributed by atoms with Gasteiger partial charge in [0, 0.05) is 30.6 Å². The predicted molar refractivity (Wildman–Crippen MR) is 103 cm³/mol. The number of benzene rings is 2. The zero-order valence-corrected chi connectivity index (χ0v) is 15.6. The van der Waals surface area contributed by atoms with Gasteiger partial charge in [0.2, 0.25) is 5.95 Å². The number of methoxy groups -OCH3 is 2. The molecule has 0 radical (unpaired) electrons. The quantitative estimate of drug-likeness (QED) is 0.618. The molecular weight excluding hydrogens is 348 g/mol. The second kappa shape index (κ2) is 7.29. The Morgan fingerprint density at radius 2 is 1.69 bits per heavy atom. The Balaban J connectivity index is 1.51. The third-order valence-corrected chi connectivity index (χ3v) is 5.37. The highest BCUT2D eigenvalue weighted by Crippen LogP contribution is 2.33. The minimum absolute atomic E-state index is 0.775. The molecule has 0 amide bonds. The fourth-order valence-electron chi connectivity index (χ4n) is 3.03. The van der Waals surface area contributed by atoms with Crippen molar-refractivity contribution in [3.05, 3.63) is 54.1 Å². The lowest BCUT2D eigenvalue weighted by Gasteiger charge is -2.14. The van der Waals surface area contributed by atoms with Crippen LogP contribution >= 0.6 is 11.8 Å². The Bertz CT molecular complexity index is 876. The Morgan fingerprint density at radius 3 is 2.38 bits per heavy atom. The van der Waals surface area contributed by atoms with E-state index in [0.717, 1.165) is 52.7 Å². The van der Waals surface area contributed by atoms with Crippen molar-refractivity contribution in [2.45, 2.75) is 17.5 Å². The first-order valence-corrected chi connectivity index (χ1v) is 9.37. The van der Waals surface area contributed by atoms with Crippen LogP contribution in [0, 0.1) is 0 Å². The number of thioether (sulfide) groups is 1. The van der Waals surface area contributed by atoms with Crippen LogP contribution in [0.15, 0.2) is 53.7 Å². The van der Waals surface area contributed by atoms with Crippen molar-refractivity contribution in [2.24, 2.45) is 0 Å². The van der Waals surface area contributed by atoms with E-state index >= 15 is 0 Å². The van der Waals surface area contributed by atoms with Gasteiger partial charge in [-0.1, -0.05) is 30.0 Å². The molecule has 3 aromatic rings. The maximum absolute atomic E-state index is 5.34. The molecule has 0 unspecified atom stereocenters. The maximum atomic E-state index is 5.34. The highest BCUT2D eigenvalue weighted by Gasteiger charge is 2.25. The monoisotopic (exact) mass is 368 g/mol. The SMILES string of the molecule is COc1cc(CSc2nnc3n2CCN3c2ccccc2)cc(OC)c1. The van der Waals surface area contributed by atoms with Gasteiger partial charge in [-0.25, -0.2) is 0 Å². The van der Waals surface area contributed by atoms with Crippen molar-refractivity contribution in [2.75, 3.05) is 25.7 Å². The summed E-state index contributed by atoms with van der Waals surface area (Å²) in [6, 6.07) is 16.2. The van der Waals surface area contributed by atoms with E-state index in [4.69, 9.17) is 9.47 Å². The molecule has 1 aromatic heterocycles. The van der Waals surface area contributed by atoms with Crippen molar-refractivity contribution in [1.29, 1.82) is 0 Å². The number of aromatic nitrogens is 3. The van der Waals surface area contributed by atoms with Crippen molar-refractivity contribution in [3.63, 3.8) is 0 Å². The standard InChI is InChI=1S/C19H20N4O2S/c1-24-16-10-14(11-17(12-16)25-2)13-26-19-21-20-18-22(8-9-23(18)19)15-6-4-3-5-7-15/h3-7,10-12H,8-9,13H2,1-2H3. The minimum atomic E-state index is 0.775. The zero-order valence-electron chi connectivity index (χ0n) is 14.8. The van der Waals surface area contributed by atoms with Crippen LogP contribution in [0.2, 0.25) is 0 Å². The molecule has 0 fully saturated rings. The third kappa shape index (κ3) is 3.22. The second-order valence-electron chi connectivity index (χ2n) is 5.93. The van der Waals surface area contributed by atoms with E-state index in [1.54, 1.807) is 26.0 Å². The van der Waals surface area contributed by atoms with Crippen molar-refractivity contribution < 1.29 is 9.47 Å². The van der Waals surface area contributed by atoms with Crippen molar-refractivity contribution >= 4 is 23.4 Å². The highest BCUT2D eigenvalue weighted by atomic mass is 32.2. The summed E-state index contributed by atoms with van der Waals surface area (Å²) < 4.78 is 12.9. The van der Waals surface area contributed by atoms with Crippen LogP contribution in [0.1, 0.15) is 5.56 Å². The molecule has 0 aliphatic carbocycles. The zero-order chi connectivity index (χ0) is 17.9. The number of fused-ring (bicyclic) bond motifs is 1. The Hall–Kier alpha value is -2.67. The first-order valence-electron chi connectivity index (χ1n) is 8.39. The van der Waals surface area contributed by atoms with Gasteiger partial charge >= 0.3 is 0 Å².